The molecule has 1 heterocycles. The Hall–Kier alpha value is -1.37. The maximum absolute atomic E-state index is 12.5. The van der Waals surface area contributed by atoms with E-state index in [9.17, 15) is 4.79 Å². The second-order valence-electron chi connectivity index (χ2n) is 5.24. The van der Waals surface area contributed by atoms with Gasteiger partial charge in [0.15, 0.2) is 0 Å². The fourth-order valence-electron chi connectivity index (χ4n) is 2.11. The third kappa shape index (κ3) is 5.06. The molecule has 1 atom stereocenters. The first-order valence-electron chi connectivity index (χ1n) is 7.47. The number of hydrogen-bond acceptors (Lipinski definition) is 4. The highest BCUT2D eigenvalue weighted by Crippen LogP contribution is 2.25. The van der Waals surface area contributed by atoms with Crippen LogP contribution < -0.4 is 10.1 Å². The van der Waals surface area contributed by atoms with Crippen LogP contribution in [0.25, 0.3) is 0 Å². The van der Waals surface area contributed by atoms with Gasteiger partial charge in [0.2, 0.25) is 5.91 Å². The highest BCUT2D eigenvalue weighted by atomic mass is 79.9. The molecule has 0 fully saturated rings. The van der Waals surface area contributed by atoms with Gasteiger partial charge in [-0.25, -0.2) is 0 Å². The van der Waals surface area contributed by atoms with E-state index in [1.165, 1.54) is 4.88 Å². The molecular weight excluding hydrogens is 376 g/mol. The maximum atomic E-state index is 12.5. The van der Waals surface area contributed by atoms with Gasteiger partial charge < -0.3 is 10.1 Å². The fourth-order valence-corrected chi connectivity index (χ4v) is 3.62. The number of carbonyl (C=O) groups excluding carboxylic acids is 1. The molecule has 0 aliphatic heterocycles. The number of thiophene rings is 1. The minimum atomic E-state index is -0.245. The van der Waals surface area contributed by atoms with E-state index in [2.05, 4.69) is 27.3 Å². The number of hydrogen-bond donors (Lipinski definition) is 1. The number of likely N-dealkylation sites (N-methyl/N-ethyl adjacent to an activating group) is 1. The maximum Gasteiger partial charge on any atom is 0.241 e. The molecule has 2 aromatic rings. The van der Waals surface area contributed by atoms with E-state index >= 15 is 0 Å². The van der Waals surface area contributed by atoms with Crippen molar-refractivity contribution in [3.63, 3.8) is 0 Å². The fraction of sp³-hybridized carbons (Fsp3) is 0.353. The summed E-state index contributed by atoms with van der Waals surface area (Å²) in [4.78, 5) is 15.7. The molecule has 0 aliphatic rings. The molecule has 4 nitrogen and oxygen atoms in total. The Morgan fingerprint density at radius 3 is 2.83 bits per heavy atom. The van der Waals surface area contributed by atoms with Crippen molar-refractivity contribution in [2.75, 3.05) is 19.0 Å². The molecule has 0 aliphatic carbocycles. The molecule has 0 bridgehead atoms. The van der Waals surface area contributed by atoms with Gasteiger partial charge >= 0.3 is 0 Å². The summed E-state index contributed by atoms with van der Waals surface area (Å²) in [6.07, 6.45) is 0. The Morgan fingerprint density at radius 1 is 1.43 bits per heavy atom. The molecule has 1 aromatic carbocycles. The second kappa shape index (κ2) is 8.47. The van der Waals surface area contributed by atoms with Crippen LogP contribution in [0.1, 0.15) is 18.7 Å². The normalized spacial score (nSPS) is 12.2. The summed E-state index contributed by atoms with van der Waals surface area (Å²) in [5.74, 6) is 0.649. The number of para-hydroxylation sites is 2. The van der Waals surface area contributed by atoms with Crippen LogP contribution in [0.5, 0.6) is 5.75 Å². The monoisotopic (exact) mass is 396 g/mol. The van der Waals surface area contributed by atoms with Gasteiger partial charge in [-0.3, -0.25) is 9.69 Å². The van der Waals surface area contributed by atoms with Crippen molar-refractivity contribution in [1.82, 2.24) is 4.90 Å². The van der Waals surface area contributed by atoms with E-state index in [1.54, 1.807) is 11.3 Å². The second-order valence-corrected chi connectivity index (χ2v) is 7.15. The van der Waals surface area contributed by atoms with Gasteiger partial charge in [0, 0.05) is 21.3 Å². The number of halogens is 1. The quantitative estimate of drug-likeness (QED) is 0.755. The Balaban J connectivity index is 1.99. The number of rotatable bonds is 7. The summed E-state index contributed by atoms with van der Waals surface area (Å²) in [5.41, 5.74) is 0.707. The highest BCUT2D eigenvalue weighted by molar-refractivity contribution is 9.10. The van der Waals surface area contributed by atoms with E-state index in [4.69, 9.17) is 4.74 Å². The molecule has 1 amide bonds. The molecule has 1 aromatic heterocycles. The van der Waals surface area contributed by atoms with E-state index in [0.717, 1.165) is 11.0 Å². The zero-order chi connectivity index (χ0) is 16.8. The number of ether oxygens (including phenoxy) is 1. The van der Waals surface area contributed by atoms with Crippen molar-refractivity contribution in [3.8, 4) is 5.75 Å². The molecule has 0 unspecified atom stereocenters. The Bertz CT molecular complexity index is 660. The van der Waals surface area contributed by atoms with Gasteiger partial charge in [-0.15, -0.1) is 11.3 Å². The zero-order valence-corrected chi connectivity index (χ0v) is 15.9. The van der Waals surface area contributed by atoms with Crippen molar-refractivity contribution < 1.29 is 9.53 Å². The lowest BCUT2D eigenvalue weighted by Gasteiger charge is -2.23. The summed E-state index contributed by atoms with van der Waals surface area (Å²) in [7, 11) is 1.95. The van der Waals surface area contributed by atoms with E-state index in [0.29, 0.717) is 18.0 Å². The van der Waals surface area contributed by atoms with Gasteiger partial charge in [-0.05, 0) is 55.0 Å². The predicted octanol–water partition coefficient (Wildman–Crippen LogP) is 4.37. The number of amides is 1. The first-order chi connectivity index (χ1) is 11.0. The summed E-state index contributed by atoms with van der Waals surface area (Å²) in [5, 5.41) is 5.00. The summed E-state index contributed by atoms with van der Waals surface area (Å²) >= 11 is 5.13. The van der Waals surface area contributed by atoms with Gasteiger partial charge in [-0.2, -0.15) is 0 Å². The third-order valence-electron chi connectivity index (χ3n) is 3.51. The zero-order valence-electron chi connectivity index (χ0n) is 13.5. The summed E-state index contributed by atoms with van der Waals surface area (Å²) in [6.45, 7) is 5.13. The number of benzene rings is 1. The number of nitrogens with one attached hydrogen (secondary N) is 1. The first kappa shape index (κ1) is 18.0. The van der Waals surface area contributed by atoms with Crippen LogP contribution in [0, 0.1) is 0 Å². The largest absolute Gasteiger partial charge is 0.492 e. The average molecular weight is 397 g/mol. The lowest BCUT2D eigenvalue weighted by Crippen LogP contribution is -2.39. The van der Waals surface area contributed by atoms with Crippen LogP contribution in [0.2, 0.25) is 0 Å². The van der Waals surface area contributed by atoms with Gasteiger partial charge in [0.25, 0.3) is 0 Å². The van der Waals surface area contributed by atoms with E-state index < -0.39 is 0 Å². The standard InChI is InChI=1S/C17H21BrN2O2S/c1-4-22-16-8-6-5-7-15(16)19-17(21)12(2)20(3)10-14-9-13(18)11-23-14/h5-9,11-12H,4,10H2,1-3H3,(H,19,21)/t12-/m1/s1. The predicted molar refractivity (Wildman–Crippen MR) is 99.2 cm³/mol. The smallest absolute Gasteiger partial charge is 0.241 e. The molecular formula is C17H21BrN2O2S. The van der Waals surface area contributed by atoms with Crippen molar-refractivity contribution in [2.45, 2.75) is 26.4 Å². The number of carbonyl (C=O) groups is 1. The lowest BCUT2D eigenvalue weighted by molar-refractivity contribution is -0.120. The molecule has 1 N–H and O–H groups in total. The van der Waals surface area contributed by atoms with Crippen LogP contribution in [-0.4, -0.2) is 30.5 Å². The Morgan fingerprint density at radius 2 is 2.17 bits per heavy atom. The van der Waals surface area contributed by atoms with Gasteiger partial charge in [-0.1, -0.05) is 12.1 Å². The van der Waals surface area contributed by atoms with Gasteiger partial charge in [0.05, 0.1) is 18.3 Å². The molecule has 0 radical (unpaired) electrons. The molecule has 2 rings (SSSR count). The summed E-state index contributed by atoms with van der Waals surface area (Å²) < 4.78 is 6.62. The van der Waals surface area contributed by atoms with Crippen LogP contribution in [-0.2, 0) is 11.3 Å². The van der Waals surface area contributed by atoms with E-state index in [-0.39, 0.29) is 11.9 Å². The van der Waals surface area contributed by atoms with Crippen molar-refractivity contribution in [3.05, 3.63) is 45.1 Å². The van der Waals surface area contributed by atoms with Crippen molar-refractivity contribution >= 4 is 38.9 Å². The topological polar surface area (TPSA) is 41.6 Å². The van der Waals surface area contributed by atoms with Crippen LogP contribution in [0.4, 0.5) is 5.69 Å². The van der Waals surface area contributed by atoms with Crippen LogP contribution in [0.15, 0.2) is 40.2 Å². The average Bonchev–Trinajstić information content (AvgIpc) is 2.93. The van der Waals surface area contributed by atoms with E-state index in [1.807, 2.05) is 55.4 Å². The van der Waals surface area contributed by atoms with Gasteiger partial charge in [0.1, 0.15) is 5.75 Å². The third-order valence-corrected chi connectivity index (χ3v) is 5.19. The number of anilines is 1. The lowest BCUT2D eigenvalue weighted by atomic mass is 10.2. The van der Waals surface area contributed by atoms with Crippen molar-refractivity contribution in [2.24, 2.45) is 0 Å². The minimum absolute atomic E-state index is 0.0460. The summed E-state index contributed by atoms with van der Waals surface area (Å²) in [6, 6.07) is 9.32. The molecule has 23 heavy (non-hydrogen) atoms. The molecule has 124 valence electrons. The minimum Gasteiger partial charge on any atom is -0.492 e. The number of nitrogens with zero attached hydrogens (tertiary/aromatic N) is 1. The van der Waals surface area contributed by atoms with Crippen LogP contribution >= 0.6 is 27.3 Å². The Labute approximate surface area is 149 Å². The SMILES string of the molecule is CCOc1ccccc1NC(=O)[C@@H](C)N(C)Cc1cc(Br)cs1. The first-order valence-corrected chi connectivity index (χ1v) is 9.14. The molecule has 0 saturated carbocycles. The molecule has 6 heteroatoms. The van der Waals surface area contributed by atoms with Crippen molar-refractivity contribution in [1.29, 1.82) is 0 Å². The highest BCUT2D eigenvalue weighted by Gasteiger charge is 2.19. The molecule has 0 spiro atoms. The molecule has 0 saturated heterocycles. The van der Waals surface area contributed by atoms with Crippen LogP contribution in [0.3, 0.4) is 0 Å². The Kier molecular flexibility index (Phi) is 6.62.